The first-order valence-corrected chi connectivity index (χ1v) is 8.44. The molecule has 1 aliphatic rings. The number of nitrogens with one attached hydrogen (secondary N) is 2. The molecule has 0 aliphatic carbocycles. The van der Waals surface area contributed by atoms with Crippen LogP contribution in [0.15, 0.2) is 24.5 Å². The first-order valence-electron chi connectivity index (χ1n) is 7.28. The molecule has 2 heterocycles. The number of hydrogen-bond acceptors (Lipinski definition) is 7. The number of thioether (sulfide) groups is 1. The molecule has 0 saturated carbocycles. The molecule has 130 valence electrons. The fourth-order valence-electron chi connectivity index (χ4n) is 2.41. The van der Waals surface area contributed by atoms with Crippen LogP contribution in [-0.2, 0) is 4.79 Å². The third kappa shape index (κ3) is 4.59. The van der Waals surface area contributed by atoms with Crippen molar-refractivity contribution in [1.82, 2.24) is 25.5 Å². The van der Waals surface area contributed by atoms with Gasteiger partial charge in [-0.25, -0.2) is 0 Å². The van der Waals surface area contributed by atoms with Crippen molar-refractivity contribution in [2.24, 2.45) is 0 Å². The molecule has 24 heavy (non-hydrogen) atoms. The van der Waals surface area contributed by atoms with Gasteiger partial charge in [0.05, 0.1) is 7.11 Å². The molecule has 2 N–H and O–H groups in total. The molecule has 2 aromatic rings. The minimum Gasteiger partial charge on any atom is -0.494 e. The Hall–Kier alpha value is -1.84. The lowest BCUT2D eigenvalue weighted by molar-refractivity contribution is -0.116. The zero-order chi connectivity index (χ0) is 16.1. The zero-order valence-electron chi connectivity index (χ0n) is 13.1. The van der Waals surface area contributed by atoms with Crippen LogP contribution in [0.4, 0.5) is 5.69 Å². The number of anilines is 1. The van der Waals surface area contributed by atoms with E-state index in [0.717, 1.165) is 18.1 Å². The number of tetrazole rings is 1. The SMILES string of the molecule is COc1ccc(NC(=O)CC2CSCCN2)cc1-n1cnnn1.Cl. The molecule has 1 aromatic heterocycles. The number of hydrogen-bond donors (Lipinski definition) is 2. The highest BCUT2D eigenvalue weighted by molar-refractivity contribution is 7.99. The second-order valence-electron chi connectivity index (χ2n) is 5.12. The van der Waals surface area contributed by atoms with Crippen LogP contribution in [0, 0.1) is 0 Å². The van der Waals surface area contributed by atoms with E-state index in [4.69, 9.17) is 4.74 Å². The number of amides is 1. The zero-order valence-corrected chi connectivity index (χ0v) is 14.8. The van der Waals surface area contributed by atoms with E-state index in [-0.39, 0.29) is 24.4 Å². The van der Waals surface area contributed by atoms with Crippen LogP contribution in [0.2, 0.25) is 0 Å². The van der Waals surface area contributed by atoms with Crippen molar-refractivity contribution in [1.29, 1.82) is 0 Å². The predicted molar refractivity (Wildman–Crippen MR) is 95.3 cm³/mol. The second kappa shape index (κ2) is 8.86. The number of methoxy groups -OCH3 is 1. The number of rotatable bonds is 5. The van der Waals surface area contributed by atoms with Gasteiger partial charge in [-0.1, -0.05) is 0 Å². The van der Waals surface area contributed by atoms with Crippen LogP contribution < -0.4 is 15.4 Å². The molecule has 1 amide bonds. The normalized spacial score (nSPS) is 17.0. The molecule has 1 saturated heterocycles. The molecular formula is C14H19ClN6O2S. The Balaban J connectivity index is 0.00000208. The molecule has 1 aliphatic heterocycles. The van der Waals surface area contributed by atoms with E-state index < -0.39 is 0 Å². The number of carbonyl (C=O) groups excluding carboxylic acids is 1. The highest BCUT2D eigenvalue weighted by atomic mass is 35.5. The third-order valence-corrected chi connectivity index (χ3v) is 4.62. The van der Waals surface area contributed by atoms with E-state index >= 15 is 0 Å². The number of carbonyl (C=O) groups is 1. The van der Waals surface area contributed by atoms with Gasteiger partial charge in [0.25, 0.3) is 0 Å². The van der Waals surface area contributed by atoms with Gasteiger partial charge in [-0.05, 0) is 28.6 Å². The summed E-state index contributed by atoms with van der Waals surface area (Å²) in [4.78, 5) is 12.2. The van der Waals surface area contributed by atoms with Crippen molar-refractivity contribution in [2.45, 2.75) is 12.5 Å². The maximum Gasteiger partial charge on any atom is 0.225 e. The van der Waals surface area contributed by atoms with Crippen LogP contribution in [0.1, 0.15) is 6.42 Å². The Kier molecular flexibility index (Phi) is 6.83. The quantitative estimate of drug-likeness (QED) is 0.814. The Morgan fingerprint density at radius 1 is 1.54 bits per heavy atom. The second-order valence-corrected chi connectivity index (χ2v) is 6.27. The third-order valence-electron chi connectivity index (χ3n) is 3.49. The molecular weight excluding hydrogens is 352 g/mol. The summed E-state index contributed by atoms with van der Waals surface area (Å²) in [6, 6.07) is 5.59. The van der Waals surface area contributed by atoms with Gasteiger partial charge >= 0.3 is 0 Å². The van der Waals surface area contributed by atoms with Crippen LogP contribution in [0.3, 0.4) is 0 Å². The van der Waals surface area contributed by atoms with Gasteiger partial charge in [0, 0.05) is 36.2 Å². The fourth-order valence-corrected chi connectivity index (χ4v) is 3.35. The van der Waals surface area contributed by atoms with Crippen molar-refractivity contribution in [3.63, 3.8) is 0 Å². The van der Waals surface area contributed by atoms with Gasteiger partial charge in [0.1, 0.15) is 17.8 Å². The largest absolute Gasteiger partial charge is 0.494 e. The average Bonchev–Trinajstić information content (AvgIpc) is 3.10. The molecule has 0 radical (unpaired) electrons. The summed E-state index contributed by atoms with van der Waals surface area (Å²) < 4.78 is 6.80. The number of nitrogens with zero attached hydrogens (tertiary/aromatic N) is 4. The summed E-state index contributed by atoms with van der Waals surface area (Å²) in [6.07, 6.45) is 1.94. The highest BCUT2D eigenvalue weighted by Crippen LogP contribution is 2.25. The van der Waals surface area contributed by atoms with Crippen LogP contribution in [-0.4, -0.2) is 57.3 Å². The fraction of sp³-hybridized carbons (Fsp3) is 0.429. The summed E-state index contributed by atoms with van der Waals surface area (Å²) in [6.45, 7) is 0.953. The van der Waals surface area contributed by atoms with Crippen LogP contribution >= 0.6 is 24.2 Å². The Labute approximate surface area is 150 Å². The van der Waals surface area contributed by atoms with Gasteiger partial charge in [-0.2, -0.15) is 16.4 Å². The maximum absolute atomic E-state index is 12.2. The van der Waals surface area contributed by atoms with Crippen LogP contribution in [0.5, 0.6) is 5.75 Å². The monoisotopic (exact) mass is 370 g/mol. The summed E-state index contributed by atoms with van der Waals surface area (Å²) in [5, 5.41) is 17.4. The van der Waals surface area contributed by atoms with Gasteiger partial charge in [-0.3, -0.25) is 4.79 Å². The number of ether oxygens (including phenoxy) is 1. The van der Waals surface area contributed by atoms with Crippen molar-refractivity contribution in [2.75, 3.05) is 30.5 Å². The predicted octanol–water partition coefficient (Wildman–Crippen LogP) is 1.13. The average molecular weight is 371 g/mol. The first-order chi connectivity index (χ1) is 11.3. The molecule has 3 rings (SSSR count). The lowest BCUT2D eigenvalue weighted by Crippen LogP contribution is -2.39. The van der Waals surface area contributed by atoms with E-state index in [1.54, 1.807) is 25.3 Å². The van der Waals surface area contributed by atoms with E-state index in [1.165, 1.54) is 11.0 Å². The Morgan fingerprint density at radius 3 is 3.08 bits per heavy atom. The molecule has 1 fully saturated rings. The lowest BCUT2D eigenvalue weighted by atomic mass is 10.2. The smallest absolute Gasteiger partial charge is 0.225 e. The lowest BCUT2D eigenvalue weighted by Gasteiger charge is -2.22. The minimum atomic E-state index is -0.0159. The van der Waals surface area contributed by atoms with Gasteiger partial charge in [0.2, 0.25) is 5.91 Å². The van der Waals surface area contributed by atoms with Gasteiger partial charge in [-0.15, -0.1) is 17.5 Å². The maximum atomic E-state index is 12.2. The summed E-state index contributed by atoms with van der Waals surface area (Å²) in [7, 11) is 1.58. The highest BCUT2D eigenvalue weighted by Gasteiger charge is 2.17. The van der Waals surface area contributed by atoms with E-state index in [2.05, 4.69) is 26.2 Å². The summed E-state index contributed by atoms with van der Waals surface area (Å²) >= 11 is 1.87. The number of benzene rings is 1. The standard InChI is InChI=1S/C14H18N6O2S.ClH/c1-22-13-3-2-10(6-12(13)20-9-16-18-19-20)17-14(21)7-11-8-23-5-4-15-11;/h2-3,6,9,11,15H,4-5,7-8H2,1H3,(H,17,21);1H. The Morgan fingerprint density at radius 2 is 2.42 bits per heavy atom. The molecule has 10 heteroatoms. The van der Waals surface area contributed by atoms with Gasteiger partial charge in [0.15, 0.2) is 0 Å². The number of halogens is 1. The van der Waals surface area contributed by atoms with Crippen molar-refractivity contribution < 1.29 is 9.53 Å². The molecule has 0 spiro atoms. The van der Waals surface area contributed by atoms with E-state index in [9.17, 15) is 4.79 Å². The molecule has 1 aromatic carbocycles. The molecule has 0 bridgehead atoms. The molecule has 1 atom stereocenters. The Bertz CT molecular complexity index is 663. The molecule has 1 unspecified atom stereocenters. The van der Waals surface area contributed by atoms with Crippen molar-refractivity contribution >= 4 is 35.8 Å². The van der Waals surface area contributed by atoms with Crippen molar-refractivity contribution in [3.8, 4) is 11.4 Å². The topological polar surface area (TPSA) is 94.0 Å². The first kappa shape index (κ1) is 18.5. The number of aromatic nitrogens is 4. The van der Waals surface area contributed by atoms with E-state index in [1.807, 2.05) is 11.8 Å². The summed E-state index contributed by atoms with van der Waals surface area (Å²) in [5.41, 5.74) is 1.35. The van der Waals surface area contributed by atoms with Crippen LogP contribution in [0.25, 0.3) is 5.69 Å². The van der Waals surface area contributed by atoms with E-state index in [0.29, 0.717) is 23.5 Å². The minimum absolute atomic E-state index is 0. The van der Waals surface area contributed by atoms with Crippen molar-refractivity contribution in [3.05, 3.63) is 24.5 Å². The summed E-state index contributed by atoms with van der Waals surface area (Å²) in [5.74, 6) is 2.68. The molecule has 8 nitrogen and oxygen atoms in total. The van der Waals surface area contributed by atoms with Gasteiger partial charge < -0.3 is 15.4 Å².